The maximum atomic E-state index is 10.9. The average Bonchev–Trinajstić information content (AvgIpc) is 2.28. The Balaban J connectivity index is 0. The number of ether oxygens (including phenoxy) is 1. The van der Waals surface area contributed by atoms with Crippen LogP contribution in [0.4, 0.5) is 0 Å². The summed E-state index contributed by atoms with van der Waals surface area (Å²) < 4.78 is 4.67. The van der Waals surface area contributed by atoms with Crippen LogP contribution in [-0.2, 0) is 14.3 Å². The molecule has 0 bridgehead atoms. The first-order valence-corrected chi connectivity index (χ1v) is 5.72. The van der Waals surface area contributed by atoms with Gasteiger partial charge in [-0.15, -0.1) is 12.6 Å². The van der Waals surface area contributed by atoms with Gasteiger partial charge in [0.2, 0.25) is 0 Å². The summed E-state index contributed by atoms with van der Waals surface area (Å²) in [5.41, 5.74) is 0. The zero-order chi connectivity index (χ0) is 13.7. The standard InChI is InChI=1S/C8H14O4S.C2H6O2/c1-2-3-4-12-8(11)6(9)5-7(10)13;3-1-2-4/h6,9H,2-5H2,1H3,(H,10,13);3-4H,1-2H2. The van der Waals surface area contributed by atoms with Crippen molar-refractivity contribution in [2.75, 3.05) is 19.8 Å². The molecule has 0 saturated heterocycles. The second-order valence-corrected chi connectivity index (χ2v) is 3.58. The van der Waals surface area contributed by atoms with Crippen LogP contribution in [0.5, 0.6) is 0 Å². The number of aliphatic hydroxyl groups is 3. The van der Waals surface area contributed by atoms with Gasteiger partial charge in [0.15, 0.2) is 11.2 Å². The van der Waals surface area contributed by atoms with Gasteiger partial charge in [0.1, 0.15) is 0 Å². The van der Waals surface area contributed by atoms with Gasteiger partial charge in [0.05, 0.1) is 26.2 Å². The Morgan fingerprint density at radius 1 is 1.29 bits per heavy atom. The van der Waals surface area contributed by atoms with E-state index >= 15 is 0 Å². The number of hydrogen-bond acceptors (Lipinski definition) is 6. The van der Waals surface area contributed by atoms with E-state index in [0.717, 1.165) is 12.8 Å². The fraction of sp³-hybridized carbons (Fsp3) is 0.800. The minimum Gasteiger partial charge on any atom is -0.464 e. The van der Waals surface area contributed by atoms with Gasteiger partial charge < -0.3 is 20.1 Å². The molecule has 0 spiro atoms. The second kappa shape index (κ2) is 13.4. The van der Waals surface area contributed by atoms with Gasteiger partial charge >= 0.3 is 5.97 Å². The number of unbranched alkanes of at least 4 members (excludes halogenated alkanes) is 1. The Hall–Kier alpha value is -0.630. The molecule has 0 aromatic rings. The van der Waals surface area contributed by atoms with Crippen LogP contribution in [0.15, 0.2) is 0 Å². The number of aliphatic hydroxyl groups excluding tert-OH is 3. The first-order valence-electron chi connectivity index (χ1n) is 5.27. The van der Waals surface area contributed by atoms with Crippen LogP contribution in [-0.4, -0.2) is 52.3 Å². The molecular weight excluding hydrogens is 248 g/mol. The van der Waals surface area contributed by atoms with E-state index in [1.807, 2.05) is 6.92 Å². The molecule has 0 rings (SSSR count). The monoisotopic (exact) mass is 268 g/mol. The molecule has 0 aliphatic heterocycles. The molecule has 0 radical (unpaired) electrons. The van der Waals surface area contributed by atoms with Gasteiger partial charge in [0.25, 0.3) is 0 Å². The number of hydrogen-bond donors (Lipinski definition) is 4. The SMILES string of the molecule is CCCCOC(=O)C(O)CC(=O)S.OCCO. The molecule has 102 valence electrons. The van der Waals surface area contributed by atoms with Crippen molar-refractivity contribution >= 4 is 23.7 Å². The lowest BCUT2D eigenvalue weighted by Crippen LogP contribution is -2.25. The number of carbonyl (C=O) groups is 2. The van der Waals surface area contributed by atoms with Crippen molar-refractivity contribution in [1.29, 1.82) is 0 Å². The Morgan fingerprint density at radius 2 is 1.82 bits per heavy atom. The van der Waals surface area contributed by atoms with Gasteiger partial charge in [-0.3, -0.25) is 4.79 Å². The molecule has 7 heteroatoms. The summed E-state index contributed by atoms with van der Waals surface area (Å²) in [5.74, 6) is -0.754. The van der Waals surface area contributed by atoms with Crippen LogP contribution < -0.4 is 0 Å². The molecule has 6 nitrogen and oxygen atoms in total. The Morgan fingerprint density at radius 3 is 2.18 bits per heavy atom. The third kappa shape index (κ3) is 15.4. The van der Waals surface area contributed by atoms with Crippen LogP contribution in [0.2, 0.25) is 0 Å². The minimum atomic E-state index is -1.37. The zero-order valence-electron chi connectivity index (χ0n) is 9.83. The van der Waals surface area contributed by atoms with Crippen LogP contribution in [0.25, 0.3) is 0 Å². The summed E-state index contributed by atoms with van der Waals surface area (Å²) in [6, 6.07) is 0. The topological polar surface area (TPSA) is 104 Å². The number of carbonyl (C=O) groups excluding carboxylic acids is 2. The van der Waals surface area contributed by atoms with Gasteiger partial charge in [-0.25, -0.2) is 4.79 Å². The van der Waals surface area contributed by atoms with Crippen molar-refractivity contribution in [2.24, 2.45) is 0 Å². The van der Waals surface area contributed by atoms with Crippen molar-refractivity contribution in [3.05, 3.63) is 0 Å². The molecule has 0 heterocycles. The van der Waals surface area contributed by atoms with Crippen LogP contribution in [0.3, 0.4) is 0 Å². The van der Waals surface area contributed by atoms with Crippen molar-refractivity contribution < 1.29 is 29.6 Å². The summed E-state index contributed by atoms with van der Waals surface area (Å²) in [4.78, 5) is 21.3. The second-order valence-electron chi connectivity index (χ2n) is 3.08. The first-order chi connectivity index (χ1) is 7.99. The van der Waals surface area contributed by atoms with Crippen molar-refractivity contribution in [3.8, 4) is 0 Å². The van der Waals surface area contributed by atoms with Crippen LogP contribution >= 0.6 is 12.6 Å². The highest BCUT2D eigenvalue weighted by molar-refractivity contribution is 7.96. The van der Waals surface area contributed by atoms with Crippen molar-refractivity contribution in [1.82, 2.24) is 0 Å². The maximum Gasteiger partial charge on any atom is 0.335 e. The summed E-state index contributed by atoms with van der Waals surface area (Å²) >= 11 is 3.43. The van der Waals surface area contributed by atoms with E-state index < -0.39 is 17.2 Å². The summed E-state index contributed by atoms with van der Waals surface area (Å²) in [7, 11) is 0. The molecule has 1 atom stereocenters. The average molecular weight is 268 g/mol. The minimum absolute atomic E-state index is 0.125. The van der Waals surface area contributed by atoms with Gasteiger partial charge in [-0.1, -0.05) is 13.3 Å². The maximum absolute atomic E-state index is 10.9. The first kappa shape index (κ1) is 18.7. The molecule has 3 N–H and O–H groups in total. The lowest BCUT2D eigenvalue weighted by molar-refractivity contribution is -0.154. The fourth-order valence-electron chi connectivity index (χ4n) is 0.662. The van der Waals surface area contributed by atoms with Gasteiger partial charge in [-0.05, 0) is 6.42 Å². The Bertz CT molecular complexity index is 207. The van der Waals surface area contributed by atoms with E-state index in [1.165, 1.54) is 0 Å². The van der Waals surface area contributed by atoms with Gasteiger partial charge in [0, 0.05) is 0 Å². The number of esters is 1. The smallest absolute Gasteiger partial charge is 0.335 e. The van der Waals surface area contributed by atoms with Crippen molar-refractivity contribution in [2.45, 2.75) is 32.3 Å². The van der Waals surface area contributed by atoms with Crippen molar-refractivity contribution in [3.63, 3.8) is 0 Å². The zero-order valence-corrected chi connectivity index (χ0v) is 10.7. The summed E-state index contributed by atoms with van der Waals surface area (Å²) in [5, 5.41) is 23.8. The third-order valence-corrected chi connectivity index (χ3v) is 1.66. The van der Waals surface area contributed by atoms with E-state index in [1.54, 1.807) is 0 Å². The lowest BCUT2D eigenvalue weighted by atomic mass is 10.3. The van der Waals surface area contributed by atoms with E-state index in [4.69, 9.17) is 15.3 Å². The molecule has 0 aromatic heterocycles. The summed E-state index contributed by atoms with van der Waals surface area (Å²) in [6.45, 7) is 1.99. The molecule has 17 heavy (non-hydrogen) atoms. The predicted molar refractivity (Wildman–Crippen MR) is 64.7 cm³/mol. The largest absolute Gasteiger partial charge is 0.464 e. The van der Waals surface area contributed by atoms with Crippen LogP contribution in [0.1, 0.15) is 26.2 Å². The van der Waals surface area contributed by atoms with E-state index in [0.29, 0.717) is 0 Å². The van der Waals surface area contributed by atoms with E-state index in [2.05, 4.69) is 17.4 Å². The molecule has 0 aliphatic carbocycles. The lowest BCUT2D eigenvalue weighted by Gasteiger charge is -2.07. The Labute approximate surface area is 106 Å². The number of rotatable bonds is 7. The molecule has 0 aliphatic rings. The van der Waals surface area contributed by atoms with Crippen LogP contribution in [0, 0.1) is 0 Å². The molecule has 0 fully saturated rings. The molecule has 1 unspecified atom stereocenters. The summed E-state index contributed by atoms with van der Waals surface area (Å²) in [6.07, 6.45) is -0.00203. The fourth-order valence-corrected chi connectivity index (χ4v) is 0.835. The normalized spacial score (nSPS) is 11.1. The molecular formula is C10H20O6S. The highest BCUT2D eigenvalue weighted by atomic mass is 32.1. The Kier molecular flexibility index (Phi) is 14.8. The van der Waals surface area contributed by atoms with E-state index in [9.17, 15) is 9.59 Å². The highest BCUT2D eigenvalue weighted by Gasteiger charge is 2.18. The quantitative estimate of drug-likeness (QED) is 0.282. The predicted octanol–water partition coefficient (Wildman–Crippen LogP) is -0.492. The van der Waals surface area contributed by atoms with E-state index in [-0.39, 0.29) is 26.2 Å². The highest BCUT2D eigenvalue weighted by Crippen LogP contribution is 1.99. The number of thiol groups is 1. The molecule has 0 aromatic carbocycles. The molecule has 0 saturated carbocycles. The third-order valence-electron chi connectivity index (χ3n) is 1.48. The van der Waals surface area contributed by atoms with Gasteiger partial charge in [-0.2, -0.15) is 0 Å². The molecule has 0 amide bonds.